The van der Waals surface area contributed by atoms with Crippen molar-refractivity contribution >= 4 is 0 Å². The highest BCUT2D eigenvalue weighted by molar-refractivity contribution is 4.84. The van der Waals surface area contributed by atoms with E-state index in [0.717, 1.165) is 19.7 Å². The topological polar surface area (TPSA) is 21.7 Å². The molecule has 0 aromatic heterocycles. The molecule has 1 rings (SSSR count). The Labute approximate surface area is 87.4 Å². The first kappa shape index (κ1) is 12.0. The van der Waals surface area contributed by atoms with Crippen LogP contribution in [-0.2, 0) is 9.47 Å². The van der Waals surface area contributed by atoms with Crippen LogP contribution in [0.2, 0.25) is 0 Å². The van der Waals surface area contributed by atoms with E-state index in [1.165, 1.54) is 6.42 Å². The van der Waals surface area contributed by atoms with Crippen molar-refractivity contribution in [2.24, 2.45) is 0 Å². The van der Waals surface area contributed by atoms with Gasteiger partial charge in [-0.25, -0.2) is 0 Å². The van der Waals surface area contributed by atoms with Crippen molar-refractivity contribution in [3.05, 3.63) is 0 Å². The van der Waals surface area contributed by atoms with Gasteiger partial charge in [0.2, 0.25) is 0 Å². The summed E-state index contributed by atoms with van der Waals surface area (Å²) >= 11 is 0. The minimum absolute atomic E-state index is 0.250. The summed E-state index contributed by atoms with van der Waals surface area (Å²) in [5.41, 5.74) is 0.287. The lowest BCUT2D eigenvalue weighted by Crippen LogP contribution is -2.53. The standard InChI is InChI=1S/C11H23NO2/c1-5-11(2,3)12-6-7-14-10(8-12)9-13-4/h10H,5-9H2,1-4H3/t10-/m0/s1. The first-order chi connectivity index (χ1) is 6.60. The second kappa shape index (κ2) is 5.10. The summed E-state index contributed by atoms with van der Waals surface area (Å²) < 4.78 is 10.7. The molecule has 0 radical (unpaired) electrons. The third kappa shape index (κ3) is 2.94. The van der Waals surface area contributed by atoms with E-state index < -0.39 is 0 Å². The van der Waals surface area contributed by atoms with E-state index >= 15 is 0 Å². The number of nitrogens with zero attached hydrogens (tertiary/aromatic N) is 1. The van der Waals surface area contributed by atoms with Crippen molar-refractivity contribution < 1.29 is 9.47 Å². The summed E-state index contributed by atoms with van der Waals surface area (Å²) in [6.45, 7) is 10.4. The molecule has 0 N–H and O–H groups in total. The maximum atomic E-state index is 5.62. The molecule has 0 aromatic rings. The van der Waals surface area contributed by atoms with Gasteiger partial charge in [0.05, 0.1) is 19.3 Å². The minimum atomic E-state index is 0.250. The summed E-state index contributed by atoms with van der Waals surface area (Å²) in [6, 6.07) is 0. The van der Waals surface area contributed by atoms with Crippen molar-refractivity contribution in [1.29, 1.82) is 0 Å². The van der Waals surface area contributed by atoms with Crippen LogP contribution >= 0.6 is 0 Å². The van der Waals surface area contributed by atoms with E-state index in [4.69, 9.17) is 9.47 Å². The average Bonchev–Trinajstić information content (AvgIpc) is 2.19. The molecular formula is C11H23NO2. The van der Waals surface area contributed by atoms with E-state index in [0.29, 0.717) is 6.61 Å². The van der Waals surface area contributed by atoms with Crippen LogP contribution in [0, 0.1) is 0 Å². The Morgan fingerprint density at radius 1 is 1.50 bits per heavy atom. The van der Waals surface area contributed by atoms with Crippen LogP contribution in [0.25, 0.3) is 0 Å². The molecule has 1 atom stereocenters. The zero-order chi connectivity index (χ0) is 10.6. The van der Waals surface area contributed by atoms with Crippen molar-refractivity contribution in [2.75, 3.05) is 33.4 Å². The van der Waals surface area contributed by atoms with Gasteiger partial charge in [-0.1, -0.05) is 6.92 Å². The molecule has 0 bridgehead atoms. The smallest absolute Gasteiger partial charge is 0.0935 e. The molecule has 1 fully saturated rings. The number of ether oxygens (including phenoxy) is 2. The summed E-state index contributed by atoms with van der Waals surface area (Å²) in [5, 5.41) is 0. The number of methoxy groups -OCH3 is 1. The zero-order valence-electron chi connectivity index (χ0n) is 9.88. The van der Waals surface area contributed by atoms with E-state index in [-0.39, 0.29) is 11.6 Å². The van der Waals surface area contributed by atoms with Gasteiger partial charge in [0, 0.05) is 25.7 Å². The van der Waals surface area contributed by atoms with E-state index in [9.17, 15) is 0 Å². The molecule has 0 amide bonds. The largest absolute Gasteiger partial charge is 0.382 e. The molecular weight excluding hydrogens is 178 g/mol. The molecule has 3 nitrogen and oxygen atoms in total. The van der Waals surface area contributed by atoms with Crippen molar-refractivity contribution in [1.82, 2.24) is 4.90 Å². The second-order valence-electron chi connectivity index (χ2n) is 4.56. The summed E-state index contributed by atoms with van der Waals surface area (Å²) in [6.07, 6.45) is 1.42. The van der Waals surface area contributed by atoms with E-state index in [1.807, 2.05) is 0 Å². The maximum Gasteiger partial charge on any atom is 0.0935 e. The zero-order valence-corrected chi connectivity index (χ0v) is 9.88. The lowest BCUT2D eigenvalue weighted by atomic mass is 9.98. The van der Waals surface area contributed by atoms with Gasteiger partial charge in [0.1, 0.15) is 0 Å². The monoisotopic (exact) mass is 201 g/mol. The quantitative estimate of drug-likeness (QED) is 0.688. The van der Waals surface area contributed by atoms with Crippen LogP contribution in [-0.4, -0.2) is 50.0 Å². The fourth-order valence-electron chi connectivity index (χ4n) is 1.78. The molecule has 3 heteroatoms. The second-order valence-corrected chi connectivity index (χ2v) is 4.56. The molecule has 0 aliphatic carbocycles. The highest BCUT2D eigenvalue weighted by Crippen LogP contribution is 2.21. The predicted octanol–water partition coefficient (Wildman–Crippen LogP) is 1.52. The third-order valence-corrected chi connectivity index (χ3v) is 3.21. The lowest BCUT2D eigenvalue weighted by molar-refractivity contribution is -0.0865. The highest BCUT2D eigenvalue weighted by Gasteiger charge is 2.30. The summed E-state index contributed by atoms with van der Waals surface area (Å²) in [5.74, 6) is 0. The van der Waals surface area contributed by atoms with Gasteiger partial charge in [0.15, 0.2) is 0 Å². The molecule has 0 spiro atoms. The van der Waals surface area contributed by atoms with Crippen molar-refractivity contribution in [2.45, 2.75) is 38.8 Å². The fourth-order valence-corrected chi connectivity index (χ4v) is 1.78. The lowest BCUT2D eigenvalue weighted by Gasteiger charge is -2.43. The van der Waals surface area contributed by atoms with Crippen LogP contribution in [0.15, 0.2) is 0 Å². The number of rotatable bonds is 4. The molecule has 0 unspecified atom stereocenters. The van der Waals surface area contributed by atoms with Gasteiger partial charge in [-0.05, 0) is 20.3 Å². The molecule has 0 saturated carbocycles. The molecule has 1 aliphatic heterocycles. The highest BCUT2D eigenvalue weighted by atomic mass is 16.5. The van der Waals surface area contributed by atoms with Gasteiger partial charge >= 0.3 is 0 Å². The van der Waals surface area contributed by atoms with Crippen LogP contribution in [0.3, 0.4) is 0 Å². The number of morpholine rings is 1. The van der Waals surface area contributed by atoms with E-state index in [1.54, 1.807) is 7.11 Å². The van der Waals surface area contributed by atoms with Crippen LogP contribution in [0.4, 0.5) is 0 Å². The predicted molar refractivity (Wildman–Crippen MR) is 57.6 cm³/mol. The molecule has 1 aliphatic rings. The van der Waals surface area contributed by atoms with Gasteiger partial charge in [0.25, 0.3) is 0 Å². The third-order valence-electron chi connectivity index (χ3n) is 3.21. The Bertz CT molecular complexity index is 169. The van der Waals surface area contributed by atoms with Crippen molar-refractivity contribution in [3.8, 4) is 0 Å². The Kier molecular flexibility index (Phi) is 4.35. The summed E-state index contributed by atoms with van der Waals surface area (Å²) in [7, 11) is 1.73. The normalized spacial score (nSPS) is 25.3. The summed E-state index contributed by atoms with van der Waals surface area (Å²) in [4.78, 5) is 2.50. The Hall–Kier alpha value is -0.120. The van der Waals surface area contributed by atoms with Crippen LogP contribution in [0.5, 0.6) is 0 Å². The number of hydrogen-bond acceptors (Lipinski definition) is 3. The molecule has 0 aromatic carbocycles. The first-order valence-corrected chi connectivity index (χ1v) is 5.45. The Balaban J connectivity index is 2.47. The molecule has 1 heterocycles. The average molecular weight is 201 g/mol. The van der Waals surface area contributed by atoms with Gasteiger partial charge in [-0.2, -0.15) is 0 Å². The molecule has 1 saturated heterocycles. The number of hydrogen-bond donors (Lipinski definition) is 0. The molecule has 14 heavy (non-hydrogen) atoms. The van der Waals surface area contributed by atoms with Gasteiger partial charge in [-0.3, -0.25) is 4.90 Å². The first-order valence-electron chi connectivity index (χ1n) is 5.45. The minimum Gasteiger partial charge on any atom is -0.382 e. The van der Waals surface area contributed by atoms with Crippen LogP contribution < -0.4 is 0 Å². The van der Waals surface area contributed by atoms with Gasteiger partial charge in [-0.15, -0.1) is 0 Å². The van der Waals surface area contributed by atoms with E-state index in [2.05, 4.69) is 25.7 Å². The van der Waals surface area contributed by atoms with Gasteiger partial charge < -0.3 is 9.47 Å². The SMILES string of the molecule is CCC(C)(C)N1CCO[C@H](COC)C1. The van der Waals surface area contributed by atoms with Crippen molar-refractivity contribution in [3.63, 3.8) is 0 Å². The Morgan fingerprint density at radius 2 is 2.21 bits per heavy atom. The van der Waals surface area contributed by atoms with Crippen LogP contribution in [0.1, 0.15) is 27.2 Å². The fraction of sp³-hybridized carbons (Fsp3) is 1.00. The Morgan fingerprint density at radius 3 is 2.79 bits per heavy atom. The maximum absolute atomic E-state index is 5.62. The molecule has 84 valence electrons.